The molecule has 0 saturated heterocycles. The van der Waals surface area contributed by atoms with Crippen molar-refractivity contribution in [3.8, 4) is 11.5 Å². The zero-order valence-corrected chi connectivity index (χ0v) is 15.2. The molecular formula is C19H18N2O4S. The van der Waals surface area contributed by atoms with Crippen molar-refractivity contribution < 1.29 is 17.6 Å². The van der Waals surface area contributed by atoms with Crippen LogP contribution >= 0.6 is 0 Å². The molecule has 0 aliphatic rings. The molecule has 134 valence electrons. The topological polar surface area (TPSA) is 89.3 Å². The summed E-state index contributed by atoms with van der Waals surface area (Å²) in [5.41, 5.74) is 2.56. The van der Waals surface area contributed by atoms with Crippen molar-refractivity contribution in [2.45, 2.75) is 18.2 Å². The van der Waals surface area contributed by atoms with Crippen LogP contribution in [0.2, 0.25) is 0 Å². The lowest BCUT2D eigenvalue weighted by Gasteiger charge is -2.09. The van der Waals surface area contributed by atoms with Gasteiger partial charge in [-0.15, -0.1) is 0 Å². The molecule has 0 bridgehead atoms. The van der Waals surface area contributed by atoms with E-state index in [-0.39, 0.29) is 17.2 Å². The molecule has 1 N–H and O–H groups in total. The van der Waals surface area contributed by atoms with Crippen LogP contribution < -0.4 is 5.32 Å². The van der Waals surface area contributed by atoms with Gasteiger partial charge >= 0.3 is 0 Å². The molecule has 0 unspecified atom stereocenters. The molecule has 0 aliphatic carbocycles. The van der Waals surface area contributed by atoms with Gasteiger partial charge in [-0.2, -0.15) is 0 Å². The van der Waals surface area contributed by atoms with Crippen LogP contribution in [0.25, 0.3) is 11.5 Å². The number of nitrogens with zero attached hydrogens (tertiary/aromatic N) is 1. The van der Waals surface area contributed by atoms with Gasteiger partial charge in [-0.3, -0.25) is 4.79 Å². The van der Waals surface area contributed by atoms with E-state index in [0.29, 0.717) is 17.3 Å². The first-order valence-corrected chi connectivity index (χ1v) is 9.82. The third-order valence-electron chi connectivity index (χ3n) is 3.83. The Labute approximate surface area is 151 Å². The van der Waals surface area contributed by atoms with Crippen LogP contribution in [0.15, 0.2) is 64.1 Å². The lowest BCUT2D eigenvalue weighted by molar-refractivity contribution is -0.115. The first kappa shape index (κ1) is 17.9. The standard InChI is InChI=1S/C19H18N2O4S/c1-13-8-9-16(26(2,23)24)11-17(13)21-18(22)10-15-12-25-19(20-15)14-6-4-3-5-7-14/h3-9,11-12H,10H2,1-2H3,(H,21,22). The quantitative estimate of drug-likeness (QED) is 0.745. The van der Waals surface area contributed by atoms with Gasteiger partial charge in [-0.25, -0.2) is 13.4 Å². The maximum absolute atomic E-state index is 12.3. The second kappa shape index (κ2) is 7.13. The molecule has 0 atom stereocenters. The number of carbonyl (C=O) groups is 1. The SMILES string of the molecule is Cc1ccc(S(C)(=O)=O)cc1NC(=O)Cc1coc(-c2ccccc2)n1. The van der Waals surface area contributed by atoms with Gasteiger partial charge in [0.2, 0.25) is 11.8 Å². The van der Waals surface area contributed by atoms with Crippen LogP contribution in [-0.2, 0) is 21.1 Å². The minimum atomic E-state index is -3.34. The number of hydrogen-bond donors (Lipinski definition) is 1. The number of oxazole rings is 1. The average Bonchev–Trinajstić information content (AvgIpc) is 3.05. The molecule has 1 aromatic heterocycles. The predicted octanol–water partition coefficient (Wildman–Crippen LogP) is 3.23. The van der Waals surface area contributed by atoms with Gasteiger partial charge in [0, 0.05) is 17.5 Å². The van der Waals surface area contributed by atoms with E-state index >= 15 is 0 Å². The number of nitrogens with one attached hydrogen (secondary N) is 1. The fourth-order valence-corrected chi connectivity index (χ4v) is 3.07. The molecule has 2 aromatic carbocycles. The minimum Gasteiger partial charge on any atom is -0.444 e. The molecule has 26 heavy (non-hydrogen) atoms. The summed E-state index contributed by atoms with van der Waals surface area (Å²) >= 11 is 0. The molecular weight excluding hydrogens is 352 g/mol. The zero-order chi connectivity index (χ0) is 18.7. The van der Waals surface area contributed by atoms with Crippen LogP contribution in [0.1, 0.15) is 11.3 Å². The monoisotopic (exact) mass is 370 g/mol. The minimum absolute atomic E-state index is 0.0267. The highest BCUT2D eigenvalue weighted by atomic mass is 32.2. The third-order valence-corrected chi connectivity index (χ3v) is 4.94. The summed E-state index contributed by atoms with van der Waals surface area (Å²) in [5.74, 6) is 0.148. The Bertz CT molecular complexity index is 1040. The summed E-state index contributed by atoms with van der Waals surface area (Å²) in [7, 11) is -3.34. The smallest absolute Gasteiger partial charge is 0.230 e. The molecule has 6 nitrogen and oxygen atoms in total. The lowest BCUT2D eigenvalue weighted by Crippen LogP contribution is -2.15. The summed E-state index contributed by atoms with van der Waals surface area (Å²) < 4.78 is 28.8. The van der Waals surface area contributed by atoms with Crippen LogP contribution in [-0.4, -0.2) is 25.6 Å². The Morgan fingerprint density at radius 3 is 2.58 bits per heavy atom. The summed E-state index contributed by atoms with van der Waals surface area (Å²) in [6.45, 7) is 1.80. The highest BCUT2D eigenvalue weighted by Crippen LogP contribution is 2.21. The molecule has 3 rings (SSSR count). The number of carbonyl (C=O) groups excluding carboxylic acids is 1. The molecule has 0 fully saturated rings. The summed E-state index contributed by atoms with van der Waals surface area (Å²) in [4.78, 5) is 16.8. The number of anilines is 1. The van der Waals surface area contributed by atoms with E-state index in [1.807, 2.05) is 30.3 Å². The van der Waals surface area contributed by atoms with Gasteiger partial charge in [-0.1, -0.05) is 24.3 Å². The number of amides is 1. The van der Waals surface area contributed by atoms with Gasteiger partial charge < -0.3 is 9.73 Å². The molecule has 0 saturated carbocycles. The summed E-state index contributed by atoms with van der Waals surface area (Å²) in [6.07, 6.45) is 2.60. The first-order valence-electron chi connectivity index (χ1n) is 7.93. The van der Waals surface area contributed by atoms with E-state index in [4.69, 9.17) is 4.42 Å². The second-order valence-electron chi connectivity index (χ2n) is 5.98. The summed E-state index contributed by atoms with van der Waals surface area (Å²) in [6, 6.07) is 14.0. The Kier molecular flexibility index (Phi) is 4.90. The van der Waals surface area contributed by atoms with E-state index in [0.717, 1.165) is 17.4 Å². The van der Waals surface area contributed by atoms with E-state index in [1.54, 1.807) is 13.0 Å². The summed E-state index contributed by atoms with van der Waals surface area (Å²) in [5, 5.41) is 2.74. The van der Waals surface area contributed by atoms with Gasteiger partial charge in [0.1, 0.15) is 6.26 Å². The maximum atomic E-state index is 12.3. The van der Waals surface area contributed by atoms with E-state index in [2.05, 4.69) is 10.3 Å². The average molecular weight is 370 g/mol. The van der Waals surface area contributed by atoms with Gasteiger partial charge in [0.15, 0.2) is 9.84 Å². The Balaban J connectivity index is 1.73. The number of aromatic nitrogens is 1. The van der Waals surface area contributed by atoms with E-state index in [1.165, 1.54) is 18.4 Å². The van der Waals surface area contributed by atoms with Crippen LogP contribution in [0.5, 0.6) is 0 Å². The highest BCUT2D eigenvalue weighted by molar-refractivity contribution is 7.90. The largest absolute Gasteiger partial charge is 0.444 e. The third kappa shape index (κ3) is 4.18. The van der Waals surface area contributed by atoms with Crippen molar-refractivity contribution in [2.24, 2.45) is 0 Å². The van der Waals surface area contributed by atoms with Crippen molar-refractivity contribution in [2.75, 3.05) is 11.6 Å². The molecule has 0 aliphatic heterocycles. The number of rotatable bonds is 5. The van der Waals surface area contributed by atoms with Crippen LogP contribution in [0, 0.1) is 6.92 Å². The van der Waals surface area contributed by atoms with Crippen molar-refractivity contribution in [1.29, 1.82) is 0 Å². The number of hydrogen-bond acceptors (Lipinski definition) is 5. The lowest BCUT2D eigenvalue weighted by atomic mass is 10.2. The van der Waals surface area contributed by atoms with Gasteiger partial charge in [0.05, 0.1) is 17.0 Å². The van der Waals surface area contributed by atoms with E-state index in [9.17, 15) is 13.2 Å². The molecule has 0 spiro atoms. The normalized spacial score (nSPS) is 11.3. The Hall–Kier alpha value is -2.93. The number of benzene rings is 2. The van der Waals surface area contributed by atoms with Gasteiger partial charge in [0.25, 0.3) is 0 Å². The van der Waals surface area contributed by atoms with Crippen molar-refractivity contribution >= 4 is 21.4 Å². The Morgan fingerprint density at radius 2 is 1.88 bits per heavy atom. The van der Waals surface area contributed by atoms with Crippen LogP contribution in [0.4, 0.5) is 5.69 Å². The van der Waals surface area contributed by atoms with Crippen LogP contribution in [0.3, 0.4) is 0 Å². The number of sulfone groups is 1. The molecule has 3 aromatic rings. The predicted molar refractivity (Wildman–Crippen MR) is 98.6 cm³/mol. The van der Waals surface area contributed by atoms with Gasteiger partial charge in [-0.05, 0) is 36.8 Å². The number of aryl methyl sites for hydroxylation is 1. The highest BCUT2D eigenvalue weighted by Gasteiger charge is 2.14. The second-order valence-corrected chi connectivity index (χ2v) is 8.00. The van der Waals surface area contributed by atoms with Crippen molar-refractivity contribution in [3.63, 3.8) is 0 Å². The zero-order valence-electron chi connectivity index (χ0n) is 14.4. The molecule has 0 radical (unpaired) electrons. The Morgan fingerprint density at radius 1 is 1.15 bits per heavy atom. The fourth-order valence-electron chi connectivity index (χ4n) is 2.43. The van der Waals surface area contributed by atoms with Crippen molar-refractivity contribution in [3.05, 3.63) is 66.1 Å². The van der Waals surface area contributed by atoms with E-state index < -0.39 is 9.84 Å². The fraction of sp³-hybridized carbons (Fsp3) is 0.158. The molecule has 1 amide bonds. The first-order chi connectivity index (χ1) is 12.3. The molecule has 1 heterocycles. The van der Waals surface area contributed by atoms with Crippen molar-refractivity contribution in [1.82, 2.24) is 4.98 Å². The molecule has 7 heteroatoms. The maximum Gasteiger partial charge on any atom is 0.230 e.